The van der Waals surface area contributed by atoms with E-state index in [4.69, 9.17) is 26.9 Å². The Bertz CT molecular complexity index is 1310. The molecule has 0 bridgehead atoms. The van der Waals surface area contributed by atoms with Gasteiger partial charge in [-0.1, -0.05) is 37.4 Å². The van der Waals surface area contributed by atoms with Crippen molar-refractivity contribution in [3.63, 3.8) is 0 Å². The Morgan fingerprint density at radius 2 is 1.98 bits per heavy atom. The summed E-state index contributed by atoms with van der Waals surface area (Å²) >= 11 is 6.23. The van der Waals surface area contributed by atoms with Crippen molar-refractivity contribution in [3.05, 3.63) is 58.1 Å². The first-order chi connectivity index (χ1) is 19.7. The van der Waals surface area contributed by atoms with E-state index >= 15 is 0 Å². The number of anilines is 1. The molecule has 1 unspecified atom stereocenters. The fourth-order valence-corrected chi connectivity index (χ4v) is 5.60. The number of nitrogens with zero attached hydrogens (tertiary/aromatic N) is 2. The molecule has 2 aliphatic rings. The number of carboxylic acids is 1. The van der Waals surface area contributed by atoms with Crippen LogP contribution < -0.4 is 16.0 Å². The SMILES string of the molecule is CC[C@@H](CC(=O)N1CC(NOC2CCCC2)=NCC(Cc2cc(Cl)ccc2OC)C1=O)c1ccc(C(=O)O)c(N)c1. The zero-order valence-electron chi connectivity index (χ0n) is 23.4. The second-order valence-electron chi connectivity index (χ2n) is 10.6. The molecule has 0 spiro atoms. The number of halogens is 1. The first kappa shape index (κ1) is 30.3. The number of carboxylic acid groups (broad SMARTS) is 1. The van der Waals surface area contributed by atoms with Crippen LogP contribution in [0.25, 0.3) is 0 Å². The van der Waals surface area contributed by atoms with E-state index in [1.807, 2.05) is 6.92 Å². The third kappa shape index (κ3) is 7.56. The number of aliphatic imine (C=N–C) groups is 1. The van der Waals surface area contributed by atoms with E-state index in [1.165, 1.54) is 11.0 Å². The lowest BCUT2D eigenvalue weighted by Crippen LogP contribution is -2.46. The number of amides is 2. The average Bonchev–Trinajstić information content (AvgIpc) is 3.42. The van der Waals surface area contributed by atoms with Gasteiger partial charge in [0, 0.05) is 17.1 Å². The van der Waals surface area contributed by atoms with Crippen molar-refractivity contribution in [3.8, 4) is 5.75 Å². The standard InChI is InChI=1S/C30H37ClN4O6/c1-3-18(19-8-10-24(30(38)39)25(32)14-19)15-28(36)35-17-27(34-41-23-6-4-5-7-23)33-16-21(29(35)37)12-20-13-22(31)9-11-26(20)40-2/h8-11,13-14,18,21,23H,3-7,12,15-17,32H2,1-2H3,(H,33,34)(H,38,39)/t18-,21?/m0/s1. The van der Waals surface area contributed by atoms with Crippen LogP contribution in [0.3, 0.4) is 0 Å². The number of nitrogens with two attached hydrogens (primary N) is 1. The summed E-state index contributed by atoms with van der Waals surface area (Å²) in [6, 6.07) is 9.93. The van der Waals surface area contributed by atoms with Gasteiger partial charge in [0.05, 0.1) is 37.8 Å². The van der Waals surface area contributed by atoms with Crippen molar-refractivity contribution in [2.24, 2.45) is 10.9 Å². The zero-order chi connectivity index (χ0) is 29.5. The molecule has 1 saturated carbocycles. The van der Waals surface area contributed by atoms with Crippen molar-refractivity contribution in [1.82, 2.24) is 10.4 Å². The Labute approximate surface area is 244 Å². The van der Waals surface area contributed by atoms with Crippen molar-refractivity contribution in [2.75, 3.05) is 25.9 Å². The number of carbonyl (C=O) groups is 3. The lowest BCUT2D eigenvalue weighted by molar-refractivity contribution is -0.146. The van der Waals surface area contributed by atoms with Crippen molar-refractivity contribution >= 4 is 40.9 Å². The van der Waals surface area contributed by atoms with E-state index in [0.29, 0.717) is 23.0 Å². The lowest BCUT2D eigenvalue weighted by Gasteiger charge is -2.26. The van der Waals surface area contributed by atoms with Crippen LogP contribution in [-0.2, 0) is 20.8 Å². The first-order valence-corrected chi connectivity index (χ1v) is 14.3. The maximum absolute atomic E-state index is 13.9. The zero-order valence-corrected chi connectivity index (χ0v) is 24.2. The summed E-state index contributed by atoms with van der Waals surface area (Å²) in [7, 11) is 1.55. The van der Waals surface area contributed by atoms with E-state index in [-0.39, 0.29) is 61.0 Å². The van der Waals surface area contributed by atoms with Gasteiger partial charge in [-0.2, -0.15) is 0 Å². The summed E-state index contributed by atoms with van der Waals surface area (Å²) in [5.41, 5.74) is 10.5. The highest BCUT2D eigenvalue weighted by atomic mass is 35.5. The van der Waals surface area contributed by atoms with Crippen LogP contribution in [-0.4, -0.2) is 59.9 Å². The first-order valence-electron chi connectivity index (χ1n) is 13.9. The number of nitrogen functional groups attached to an aromatic ring is 1. The highest BCUT2D eigenvalue weighted by Crippen LogP contribution is 2.30. The molecule has 41 heavy (non-hydrogen) atoms. The molecule has 1 fully saturated rings. The molecule has 2 atom stereocenters. The van der Waals surface area contributed by atoms with Gasteiger partial charge in [-0.05, 0) is 73.1 Å². The van der Waals surface area contributed by atoms with E-state index in [9.17, 15) is 19.5 Å². The molecule has 0 saturated heterocycles. The molecule has 0 radical (unpaired) electrons. The van der Waals surface area contributed by atoms with Gasteiger partial charge in [-0.3, -0.25) is 29.8 Å². The normalized spacial score (nSPS) is 18.5. The van der Waals surface area contributed by atoms with Crippen molar-refractivity contribution in [1.29, 1.82) is 0 Å². The van der Waals surface area contributed by atoms with Crippen LogP contribution in [0, 0.1) is 5.92 Å². The summed E-state index contributed by atoms with van der Waals surface area (Å²) in [6.07, 6.45) is 5.07. The quantitative estimate of drug-likeness (QED) is 0.271. The minimum atomic E-state index is -1.12. The number of ether oxygens (including phenoxy) is 1. The molecular weight excluding hydrogens is 548 g/mol. The largest absolute Gasteiger partial charge is 0.496 e. The molecule has 1 heterocycles. The monoisotopic (exact) mass is 584 g/mol. The van der Waals surface area contributed by atoms with E-state index < -0.39 is 11.9 Å². The number of hydrogen-bond donors (Lipinski definition) is 3. The van der Waals surface area contributed by atoms with Gasteiger partial charge < -0.3 is 15.6 Å². The number of rotatable bonds is 10. The predicted octanol–water partition coefficient (Wildman–Crippen LogP) is 4.60. The highest BCUT2D eigenvalue weighted by Gasteiger charge is 2.34. The Balaban J connectivity index is 1.57. The summed E-state index contributed by atoms with van der Waals surface area (Å²) in [5, 5.41) is 9.84. The molecule has 2 aromatic carbocycles. The van der Waals surface area contributed by atoms with E-state index in [0.717, 1.165) is 36.8 Å². The smallest absolute Gasteiger partial charge is 0.337 e. The van der Waals surface area contributed by atoms with Gasteiger partial charge >= 0.3 is 5.97 Å². The molecule has 220 valence electrons. The molecule has 1 aliphatic carbocycles. The van der Waals surface area contributed by atoms with Gasteiger partial charge in [0.1, 0.15) is 11.6 Å². The summed E-state index contributed by atoms with van der Waals surface area (Å²) in [4.78, 5) is 50.8. The molecule has 10 nitrogen and oxygen atoms in total. The van der Waals surface area contributed by atoms with Crippen LogP contribution in [0.5, 0.6) is 5.75 Å². The van der Waals surface area contributed by atoms with Crippen LogP contribution in [0.1, 0.15) is 72.9 Å². The van der Waals surface area contributed by atoms with Gasteiger partial charge in [0.25, 0.3) is 0 Å². The Kier molecular flexibility index (Phi) is 10.2. The van der Waals surface area contributed by atoms with Crippen LogP contribution >= 0.6 is 11.6 Å². The van der Waals surface area contributed by atoms with Crippen LogP contribution in [0.15, 0.2) is 41.4 Å². The number of hydrogen-bond acceptors (Lipinski definition) is 8. The fourth-order valence-electron chi connectivity index (χ4n) is 5.40. The second kappa shape index (κ2) is 13.8. The number of aromatic carboxylic acids is 1. The molecule has 2 amide bonds. The lowest BCUT2D eigenvalue weighted by atomic mass is 9.91. The maximum atomic E-state index is 13.9. The van der Waals surface area contributed by atoms with Crippen LogP contribution in [0.2, 0.25) is 5.02 Å². The molecule has 4 rings (SSSR count). The minimum absolute atomic E-state index is 0.00565. The number of amidine groups is 1. The minimum Gasteiger partial charge on any atom is -0.496 e. The Morgan fingerprint density at radius 3 is 2.63 bits per heavy atom. The average molecular weight is 585 g/mol. The maximum Gasteiger partial charge on any atom is 0.337 e. The summed E-state index contributed by atoms with van der Waals surface area (Å²) in [6.45, 7) is 2.06. The number of nitrogens with one attached hydrogen (secondary N) is 1. The van der Waals surface area contributed by atoms with Crippen LogP contribution in [0.4, 0.5) is 5.69 Å². The van der Waals surface area contributed by atoms with E-state index in [1.54, 1.807) is 37.4 Å². The Morgan fingerprint density at radius 1 is 1.22 bits per heavy atom. The predicted molar refractivity (Wildman–Crippen MR) is 156 cm³/mol. The summed E-state index contributed by atoms with van der Waals surface area (Å²) < 4.78 is 5.48. The van der Waals surface area contributed by atoms with E-state index in [2.05, 4.69) is 10.5 Å². The topological polar surface area (TPSA) is 144 Å². The number of imide groups is 1. The number of benzene rings is 2. The molecule has 11 heteroatoms. The highest BCUT2D eigenvalue weighted by molar-refractivity contribution is 6.30. The fraction of sp³-hybridized carbons (Fsp3) is 0.467. The third-order valence-electron chi connectivity index (χ3n) is 7.77. The number of carbonyl (C=O) groups excluding carboxylic acids is 2. The molecule has 4 N–H and O–H groups in total. The molecule has 0 aromatic heterocycles. The molecule has 1 aliphatic heterocycles. The summed E-state index contributed by atoms with van der Waals surface area (Å²) in [5.74, 6) is -1.68. The van der Waals surface area contributed by atoms with Crippen molar-refractivity contribution < 1.29 is 29.1 Å². The second-order valence-corrected chi connectivity index (χ2v) is 11.0. The van der Waals surface area contributed by atoms with Gasteiger partial charge in [-0.25, -0.2) is 4.79 Å². The number of hydroxylamine groups is 1. The van der Waals surface area contributed by atoms with Crippen molar-refractivity contribution in [2.45, 2.75) is 63.9 Å². The van der Waals surface area contributed by atoms with Gasteiger partial charge in [-0.15, -0.1) is 0 Å². The Hall–Kier alpha value is -3.63. The number of methoxy groups -OCH3 is 1. The van der Waals surface area contributed by atoms with Gasteiger partial charge in [0.2, 0.25) is 11.8 Å². The molecule has 2 aromatic rings. The molecular formula is C30H37ClN4O6. The van der Waals surface area contributed by atoms with Gasteiger partial charge in [0.15, 0.2) is 0 Å². The third-order valence-corrected chi connectivity index (χ3v) is 8.01.